The Morgan fingerprint density at radius 3 is 2.47 bits per heavy atom. The Bertz CT molecular complexity index is 633. The molecule has 0 amide bonds. The zero-order valence-corrected chi connectivity index (χ0v) is 11.2. The van der Waals surface area contributed by atoms with Crippen molar-refractivity contribution >= 4 is 23.3 Å². The number of esters is 2. The molecule has 0 spiro atoms. The van der Waals surface area contributed by atoms with E-state index in [1.165, 1.54) is 25.1 Å². The number of nitrogens with zero attached hydrogens (tertiary/aromatic N) is 4. The summed E-state index contributed by atoms with van der Waals surface area (Å²) in [5.74, 6) is -0.859. The van der Waals surface area contributed by atoms with Crippen LogP contribution in [0, 0.1) is 0 Å². The van der Waals surface area contributed by atoms with Gasteiger partial charge in [-0.25, -0.2) is 9.59 Å². The normalized spacial score (nSPS) is 10.3. The SMILES string of the molecule is COC(=O)c1cc(-c2nnn(C)n2)c(C(=O)OC)s1. The molecule has 0 saturated heterocycles. The van der Waals surface area contributed by atoms with Gasteiger partial charge in [-0.15, -0.1) is 21.5 Å². The van der Waals surface area contributed by atoms with Crippen molar-refractivity contribution < 1.29 is 19.1 Å². The van der Waals surface area contributed by atoms with Crippen LogP contribution in [-0.4, -0.2) is 46.4 Å². The van der Waals surface area contributed by atoms with Crippen LogP contribution in [0.2, 0.25) is 0 Å². The number of carbonyl (C=O) groups excluding carboxylic acids is 2. The molecule has 9 heteroatoms. The quantitative estimate of drug-likeness (QED) is 0.757. The first-order valence-electron chi connectivity index (χ1n) is 5.11. The molecular weight excluding hydrogens is 272 g/mol. The minimum atomic E-state index is -0.567. The Balaban J connectivity index is 2.54. The lowest BCUT2D eigenvalue weighted by Crippen LogP contribution is -2.00. The Kier molecular flexibility index (Phi) is 3.56. The maximum absolute atomic E-state index is 11.7. The number of thiophene rings is 1. The molecule has 0 N–H and O–H groups in total. The highest BCUT2D eigenvalue weighted by Crippen LogP contribution is 2.30. The van der Waals surface area contributed by atoms with Gasteiger partial charge in [-0.2, -0.15) is 4.80 Å². The van der Waals surface area contributed by atoms with Gasteiger partial charge < -0.3 is 9.47 Å². The van der Waals surface area contributed by atoms with Gasteiger partial charge >= 0.3 is 11.9 Å². The molecule has 0 aromatic carbocycles. The van der Waals surface area contributed by atoms with Crippen molar-refractivity contribution in [1.82, 2.24) is 20.2 Å². The van der Waals surface area contributed by atoms with E-state index in [0.717, 1.165) is 11.3 Å². The average Bonchev–Trinajstić information content (AvgIpc) is 3.02. The number of aryl methyl sites for hydroxylation is 1. The molecule has 0 bridgehead atoms. The summed E-state index contributed by atoms with van der Waals surface area (Å²) in [6, 6.07) is 1.49. The van der Waals surface area contributed by atoms with Gasteiger partial charge in [0.25, 0.3) is 0 Å². The Morgan fingerprint density at radius 1 is 1.26 bits per heavy atom. The molecule has 0 radical (unpaired) electrons. The summed E-state index contributed by atoms with van der Waals surface area (Å²) < 4.78 is 9.29. The number of rotatable bonds is 3. The van der Waals surface area contributed by atoms with E-state index in [4.69, 9.17) is 0 Å². The average molecular weight is 282 g/mol. The number of carbonyl (C=O) groups is 2. The van der Waals surface area contributed by atoms with E-state index in [9.17, 15) is 9.59 Å². The van der Waals surface area contributed by atoms with Gasteiger partial charge in [0.05, 0.1) is 21.3 Å². The molecule has 2 aromatic heterocycles. The van der Waals surface area contributed by atoms with Gasteiger partial charge in [-0.3, -0.25) is 0 Å². The highest BCUT2D eigenvalue weighted by atomic mass is 32.1. The molecule has 2 rings (SSSR count). The van der Waals surface area contributed by atoms with Gasteiger partial charge in [0.1, 0.15) is 9.75 Å². The number of tetrazole rings is 1. The first kappa shape index (κ1) is 13.1. The number of hydrogen-bond acceptors (Lipinski definition) is 8. The second-order valence-corrected chi connectivity index (χ2v) is 4.49. The van der Waals surface area contributed by atoms with Crippen LogP contribution in [0.5, 0.6) is 0 Å². The third-order valence-corrected chi connectivity index (χ3v) is 3.33. The van der Waals surface area contributed by atoms with Crippen LogP contribution in [0.25, 0.3) is 11.4 Å². The lowest BCUT2D eigenvalue weighted by molar-refractivity contribution is 0.0600. The van der Waals surface area contributed by atoms with Crippen molar-refractivity contribution in [1.29, 1.82) is 0 Å². The molecule has 0 saturated carbocycles. The van der Waals surface area contributed by atoms with E-state index >= 15 is 0 Å². The van der Waals surface area contributed by atoms with E-state index in [-0.39, 0.29) is 15.6 Å². The maximum Gasteiger partial charge on any atom is 0.348 e. The number of ether oxygens (including phenoxy) is 2. The molecule has 2 aromatic rings. The van der Waals surface area contributed by atoms with E-state index in [1.54, 1.807) is 7.05 Å². The van der Waals surface area contributed by atoms with E-state index in [1.807, 2.05) is 0 Å². The van der Waals surface area contributed by atoms with Crippen molar-refractivity contribution in [2.45, 2.75) is 0 Å². The first-order chi connectivity index (χ1) is 9.06. The summed E-state index contributed by atoms with van der Waals surface area (Å²) in [4.78, 5) is 24.9. The molecule has 2 heterocycles. The second-order valence-electron chi connectivity index (χ2n) is 3.44. The molecule has 0 atom stereocenters. The van der Waals surface area contributed by atoms with E-state index in [0.29, 0.717) is 5.56 Å². The molecule has 100 valence electrons. The zero-order chi connectivity index (χ0) is 14.0. The van der Waals surface area contributed by atoms with E-state index in [2.05, 4.69) is 24.9 Å². The van der Waals surface area contributed by atoms with Crippen LogP contribution in [-0.2, 0) is 16.5 Å². The largest absolute Gasteiger partial charge is 0.465 e. The van der Waals surface area contributed by atoms with Crippen molar-refractivity contribution in [2.24, 2.45) is 7.05 Å². The van der Waals surface area contributed by atoms with Crippen molar-refractivity contribution in [3.8, 4) is 11.4 Å². The zero-order valence-electron chi connectivity index (χ0n) is 10.4. The van der Waals surface area contributed by atoms with E-state index < -0.39 is 11.9 Å². The van der Waals surface area contributed by atoms with Crippen LogP contribution >= 0.6 is 11.3 Å². The predicted molar refractivity (Wildman–Crippen MR) is 64.8 cm³/mol. The number of hydrogen-bond donors (Lipinski definition) is 0. The summed E-state index contributed by atoms with van der Waals surface area (Å²) >= 11 is 0.963. The third-order valence-electron chi connectivity index (χ3n) is 2.24. The Labute approximate surface area is 111 Å². The standard InChI is InChI=1S/C10H10N4O4S/c1-14-12-8(11-13-14)5-4-6(9(15)17-2)19-7(5)10(16)18-3/h4H,1-3H3. The fourth-order valence-corrected chi connectivity index (χ4v) is 2.38. The Morgan fingerprint density at radius 2 is 1.95 bits per heavy atom. The lowest BCUT2D eigenvalue weighted by Gasteiger charge is -1.96. The van der Waals surface area contributed by atoms with Crippen LogP contribution in [0.15, 0.2) is 6.07 Å². The minimum absolute atomic E-state index is 0.232. The number of aromatic nitrogens is 4. The van der Waals surface area contributed by atoms with Crippen molar-refractivity contribution in [3.05, 3.63) is 15.8 Å². The van der Waals surface area contributed by atoms with Gasteiger partial charge in [0.15, 0.2) is 0 Å². The smallest absolute Gasteiger partial charge is 0.348 e. The first-order valence-corrected chi connectivity index (χ1v) is 5.93. The third kappa shape index (κ3) is 2.45. The van der Waals surface area contributed by atoms with Crippen LogP contribution in [0.4, 0.5) is 0 Å². The topological polar surface area (TPSA) is 96.2 Å². The minimum Gasteiger partial charge on any atom is -0.465 e. The molecular formula is C10H10N4O4S. The highest BCUT2D eigenvalue weighted by molar-refractivity contribution is 7.16. The van der Waals surface area contributed by atoms with Crippen molar-refractivity contribution in [2.75, 3.05) is 14.2 Å². The fourth-order valence-electron chi connectivity index (χ4n) is 1.39. The Hall–Kier alpha value is -2.29. The fraction of sp³-hybridized carbons (Fsp3) is 0.300. The molecule has 0 fully saturated rings. The maximum atomic E-state index is 11.7. The predicted octanol–water partition coefficient (Wildman–Crippen LogP) is 0.512. The summed E-state index contributed by atoms with van der Waals surface area (Å²) in [6.45, 7) is 0. The summed E-state index contributed by atoms with van der Waals surface area (Å²) in [5, 5.41) is 11.5. The molecule has 0 aliphatic carbocycles. The second kappa shape index (κ2) is 5.14. The van der Waals surface area contributed by atoms with Crippen LogP contribution in [0.3, 0.4) is 0 Å². The van der Waals surface area contributed by atoms with Gasteiger partial charge in [-0.05, 0) is 11.3 Å². The van der Waals surface area contributed by atoms with Gasteiger partial charge in [0.2, 0.25) is 5.82 Å². The highest BCUT2D eigenvalue weighted by Gasteiger charge is 2.24. The van der Waals surface area contributed by atoms with Gasteiger partial charge in [-0.1, -0.05) is 0 Å². The monoisotopic (exact) mass is 282 g/mol. The molecule has 0 aliphatic heterocycles. The molecule has 0 unspecified atom stereocenters. The van der Waals surface area contributed by atoms with Crippen LogP contribution < -0.4 is 0 Å². The lowest BCUT2D eigenvalue weighted by atomic mass is 10.2. The molecule has 19 heavy (non-hydrogen) atoms. The molecule has 8 nitrogen and oxygen atoms in total. The summed E-state index contributed by atoms with van der Waals surface area (Å²) in [7, 11) is 4.12. The van der Waals surface area contributed by atoms with Crippen LogP contribution in [0.1, 0.15) is 19.3 Å². The van der Waals surface area contributed by atoms with Crippen molar-refractivity contribution in [3.63, 3.8) is 0 Å². The summed E-state index contributed by atoms with van der Waals surface area (Å²) in [6.07, 6.45) is 0. The summed E-state index contributed by atoms with van der Waals surface area (Å²) in [5.41, 5.74) is 0.394. The number of methoxy groups -OCH3 is 2. The van der Waals surface area contributed by atoms with Gasteiger partial charge in [0, 0.05) is 5.56 Å². The molecule has 0 aliphatic rings.